The number of benzene rings is 4. The molecule has 0 fully saturated rings. The number of hydrogen-bond donors (Lipinski definition) is 0. The molecule has 1 heteroatoms. The summed E-state index contributed by atoms with van der Waals surface area (Å²) < 4.78 is 0. The maximum absolute atomic E-state index is 4.09. The lowest BCUT2D eigenvalue weighted by atomic mass is 9.97. The summed E-state index contributed by atoms with van der Waals surface area (Å²) in [5.74, 6) is 0. The quantitative estimate of drug-likeness (QED) is 0.383. The van der Waals surface area contributed by atoms with Crippen molar-refractivity contribution in [3.63, 3.8) is 0 Å². The molecule has 0 nitrogen and oxygen atoms in total. The molecule has 0 bridgehead atoms. The van der Waals surface area contributed by atoms with Crippen molar-refractivity contribution in [1.82, 2.24) is 0 Å². The van der Waals surface area contributed by atoms with Gasteiger partial charge in [0.15, 0.2) is 0 Å². The summed E-state index contributed by atoms with van der Waals surface area (Å²) in [7, 11) is -0.612. The average molecular weight is 337 g/mol. The van der Waals surface area contributed by atoms with Crippen LogP contribution in [0.3, 0.4) is 0 Å². The van der Waals surface area contributed by atoms with Crippen molar-refractivity contribution in [2.24, 2.45) is 0 Å². The van der Waals surface area contributed by atoms with Gasteiger partial charge in [-0.2, -0.15) is 0 Å². The third-order valence-electron chi connectivity index (χ3n) is 4.84. The molecule has 0 spiro atoms. The summed E-state index contributed by atoms with van der Waals surface area (Å²) in [4.78, 5) is 0. The molecule has 0 aromatic heterocycles. The van der Waals surface area contributed by atoms with Crippen LogP contribution in [0.5, 0.6) is 0 Å². The first-order valence-corrected chi connectivity index (χ1v) is 9.99. The van der Waals surface area contributed by atoms with Gasteiger partial charge in [0.1, 0.15) is 0 Å². The second-order valence-electron chi connectivity index (χ2n) is 6.35. The monoisotopic (exact) mass is 336 g/mol. The molecule has 120 valence electrons. The number of hydrogen-bond acceptors (Lipinski definition) is 0. The molecule has 4 rings (SSSR count). The largest absolute Gasteiger partial charge is 0.0985 e. The van der Waals surface area contributed by atoms with E-state index in [4.69, 9.17) is 0 Å². The molecule has 25 heavy (non-hydrogen) atoms. The smallest absolute Gasteiger partial charge is 0.0891 e. The summed E-state index contributed by atoms with van der Waals surface area (Å²) in [6.45, 7) is 8.11. The molecule has 0 N–H and O–H groups in total. The van der Waals surface area contributed by atoms with Crippen molar-refractivity contribution < 1.29 is 0 Å². The van der Waals surface area contributed by atoms with Crippen molar-refractivity contribution in [1.29, 1.82) is 0 Å². The Balaban J connectivity index is 2.06. The van der Waals surface area contributed by atoms with E-state index in [1.165, 1.54) is 43.0 Å². The summed E-state index contributed by atoms with van der Waals surface area (Å²) in [5, 5.41) is 8.12. The normalized spacial score (nSPS) is 11.4. The predicted molar refractivity (Wildman–Crippen MR) is 116 cm³/mol. The summed E-state index contributed by atoms with van der Waals surface area (Å²) >= 11 is 0. The van der Waals surface area contributed by atoms with Crippen LogP contribution in [-0.2, 0) is 0 Å². The first kappa shape index (κ1) is 15.6. The van der Waals surface area contributed by atoms with E-state index in [0.29, 0.717) is 0 Å². The standard InChI is InChI=1S/C24H20Si/c1-3-17-14-20-15-18-10-8-9-11-19(18)16-23(20)24(22(17)4-2)25-21-12-6-5-7-13-21/h3-16H,1-2,25H2. The van der Waals surface area contributed by atoms with E-state index in [1.54, 1.807) is 0 Å². The Morgan fingerprint density at radius 3 is 2.04 bits per heavy atom. The van der Waals surface area contributed by atoms with Gasteiger partial charge in [-0.15, -0.1) is 0 Å². The van der Waals surface area contributed by atoms with E-state index in [-0.39, 0.29) is 0 Å². The highest BCUT2D eigenvalue weighted by Crippen LogP contribution is 2.25. The Hall–Kier alpha value is -2.90. The fourth-order valence-corrected chi connectivity index (χ4v) is 5.56. The van der Waals surface area contributed by atoms with E-state index in [9.17, 15) is 0 Å². The van der Waals surface area contributed by atoms with Crippen molar-refractivity contribution in [2.75, 3.05) is 0 Å². The van der Waals surface area contributed by atoms with Crippen molar-refractivity contribution in [3.8, 4) is 0 Å². The molecule has 4 aromatic carbocycles. The highest BCUT2D eigenvalue weighted by Gasteiger charge is 2.12. The maximum atomic E-state index is 4.09. The molecule has 0 unspecified atom stereocenters. The summed E-state index contributed by atoms with van der Waals surface area (Å²) in [6.07, 6.45) is 3.95. The summed E-state index contributed by atoms with van der Waals surface area (Å²) in [6, 6.07) is 26.3. The maximum Gasteiger partial charge on any atom is 0.0891 e. The van der Waals surface area contributed by atoms with Crippen LogP contribution in [0.1, 0.15) is 11.1 Å². The van der Waals surface area contributed by atoms with Gasteiger partial charge in [0.25, 0.3) is 0 Å². The lowest BCUT2D eigenvalue weighted by Crippen LogP contribution is -2.30. The first-order chi connectivity index (χ1) is 12.3. The number of rotatable bonds is 4. The van der Waals surface area contributed by atoms with Crippen LogP contribution in [0.25, 0.3) is 33.7 Å². The fourth-order valence-electron chi connectivity index (χ4n) is 3.60. The molecular formula is C24H20Si. The van der Waals surface area contributed by atoms with Gasteiger partial charge in [-0.1, -0.05) is 85.1 Å². The van der Waals surface area contributed by atoms with E-state index < -0.39 is 9.52 Å². The van der Waals surface area contributed by atoms with Gasteiger partial charge in [-0.25, -0.2) is 0 Å². The van der Waals surface area contributed by atoms with Crippen LogP contribution in [0.4, 0.5) is 0 Å². The van der Waals surface area contributed by atoms with Gasteiger partial charge in [0.2, 0.25) is 0 Å². The van der Waals surface area contributed by atoms with E-state index in [2.05, 4.69) is 86.0 Å². The molecule has 4 aromatic rings. The zero-order valence-corrected chi connectivity index (χ0v) is 15.6. The van der Waals surface area contributed by atoms with Gasteiger partial charge >= 0.3 is 0 Å². The number of fused-ring (bicyclic) bond motifs is 2. The topological polar surface area (TPSA) is 0 Å². The van der Waals surface area contributed by atoms with E-state index >= 15 is 0 Å². The Morgan fingerprint density at radius 2 is 1.36 bits per heavy atom. The molecule has 0 aliphatic carbocycles. The highest BCUT2D eigenvalue weighted by atomic mass is 28.2. The second-order valence-corrected chi connectivity index (χ2v) is 8.23. The fraction of sp³-hybridized carbons (Fsp3) is 0. The van der Waals surface area contributed by atoms with Gasteiger partial charge < -0.3 is 0 Å². The van der Waals surface area contributed by atoms with Crippen LogP contribution in [0.15, 0.2) is 86.0 Å². The molecule has 0 atom stereocenters. The predicted octanol–water partition coefficient (Wildman–Crippen LogP) is 4.40. The first-order valence-electron chi connectivity index (χ1n) is 8.57. The third kappa shape index (κ3) is 2.83. The third-order valence-corrected chi connectivity index (χ3v) is 6.83. The molecule has 0 heterocycles. The van der Waals surface area contributed by atoms with Crippen LogP contribution in [0.2, 0.25) is 0 Å². The lowest BCUT2D eigenvalue weighted by Gasteiger charge is -2.15. The molecular weight excluding hydrogens is 316 g/mol. The Kier molecular flexibility index (Phi) is 4.08. The molecule has 0 saturated carbocycles. The molecule has 0 aliphatic rings. The van der Waals surface area contributed by atoms with Gasteiger partial charge in [-0.3, -0.25) is 0 Å². The highest BCUT2D eigenvalue weighted by molar-refractivity contribution is 6.70. The Labute approximate surface area is 151 Å². The van der Waals surface area contributed by atoms with Gasteiger partial charge in [-0.05, 0) is 56.1 Å². The lowest BCUT2D eigenvalue weighted by molar-refractivity contribution is 1.71. The van der Waals surface area contributed by atoms with Crippen LogP contribution in [0, 0.1) is 0 Å². The minimum absolute atomic E-state index is 0.612. The minimum Gasteiger partial charge on any atom is -0.0985 e. The second kappa shape index (κ2) is 6.54. The van der Waals surface area contributed by atoms with E-state index in [1.807, 2.05) is 12.2 Å². The van der Waals surface area contributed by atoms with E-state index in [0.717, 1.165) is 0 Å². The van der Waals surface area contributed by atoms with Gasteiger partial charge in [0, 0.05) is 0 Å². The van der Waals surface area contributed by atoms with Crippen molar-refractivity contribution >= 4 is 53.6 Å². The zero-order valence-electron chi connectivity index (χ0n) is 14.2. The van der Waals surface area contributed by atoms with Crippen LogP contribution in [-0.4, -0.2) is 9.52 Å². The minimum atomic E-state index is -0.612. The van der Waals surface area contributed by atoms with Crippen molar-refractivity contribution in [2.45, 2.75) is 0 Å². The summed E-state index contributed by atoms with van der Waals surface area (Å²) in [5.41, 5.74) is 2.42. The Bertz CT molecular complexity index is 1090. The average Bonchev–Trinajstić information content (AvgIpc) is 2.67. The molecule has 0 saturated heterocycles. The zero-order chi connectivity index (χ0) is 17.2. The Morgan fingerprint density at radius 1 is 0.680 bits per heavy atom. The van der Waals surface area contributed by atoms with Crippen LogP contribution >= 0.6 is 0 Å². The van der Waals surface area contributed by atoms with Gasteiger partial charge in [0.05, 0.1) is 9.52 Å². The molecule has 0 amide bonds. The van der Waals surface area contributed by atoms with Crippen molar-refractivity contribution in [3.05, 3.63) is 97.1 Å². The van der Waals surface area contributed by atoms with Crippen LogP contribution < -0.4 is 10.4 Å². The molecule has 0 aliphatic heterocycles. The molecule has 0 radical (unpaired) electrons. The SMILES string of the molecule is C=Cc1cc2cc3ccccc3cc2c([SiH2]c2ccccc2)c1C=C.